The lowest BCUT2D eigenvalue weighted by Gasteiger charge is -2.37. The maximum Gasteiger partial charge on any atom is 0.261 e. The molecule has 0 N–H and O–H groups in total. The fraction of sp³-hybridized carbons (Fsp3) is 0.462. The van der Waals surface area contributed by atoms with Gasteiger partial charge in [-0.3, -0.25) is 29.0 Å². The van der Waals surface area contributed by atoms with Gasteiger partial charge in [-0.2, -0.15) is 0 Å². The first kappa shape index (κ1) is 38.3. The van der Waals surface area contributed by atoms with Crippen molar-refractivity contribution in [2.75, 3.05) is 0 Å². The van der Waals surface area contributed by atoms with Gasteiger partial charge in [0.25, 0.3) is 23.6 Å². The molecule has 2 aliphatic carbocycles. The molecule has 5 aromatic carbocycles. The lowest BCUT2D eigenvalue weighted by Crippen LogP contribution is -2.48. The molecule has 0 atom stereocenters. The predicted molar refractivity (Wildman–Crippen MR) is 234 cm³/mol. The van der Waals surface area contributed by atoms with E-state index in [0.717, 1.165) is 159 Å². The lowest BCUT2D eigenvalue weighted by atomic mass is 9.78. The van der Waals surface area contributed by atoms with Gasteiger partial charge in [0.2, 0.25) is 0 Å². The molecule has 0 saturated heterocycles. The highest BCUT2D eigenvalue weighted by Crippen LogP contribution is 2.49. The summed E-state index contributed by atoms with van der Waals surface area (Å²) in [7, 11) is 0. The SMILES string of the molecule is CCCCCCC#Cc1cc2c3c(ccc4c5c(C#CCCCCCC)cc6c7c(ccc(c1c34)c75)C(=O)N(C1CCCCC1)C6=O)C(=O)N(C1CCCCC1)C2=O. The Bertz CT molecular complexity index is 2440. The van der Waals surface area contributed by atoms with E-state index < -0.39 is 0 Å². The summed E-state index contributed by atoms with van der Waals surface area (Å²) in [5.74, 6) is 13.1. The molecule has 2 fully saturated rings. The largest absolute Gasteiger partial charge is 0.271 e. The number of carbonyl (C=O) groups is 4. The third-order valence-electron chi connectivity index (χ3n) is 13.5. The normalized spacial score (nSPS) is 17.5. The van der Waals surface area contributed by atoms with E-state index in [1.54, 1.807) is 9.80 Å². The zero-order valence-corrected chi connectivity index (χ0v) is 34.3. The summed E-state index contributed by atoms with van der Waals surface area (Å²) in [5.41, 5.74) is 3.64. The van der Waals surface area contributed by atoms with Crippen molar-refractivity contribution >= 4 is 66.7 Å². The zero-order chi connectivity index (χ0) is 39.9. The first-order valence-corrected chi connectivity index (χ1v) is 22.5. The Kier molecular flexibility index (Phi) is 10.7. The molecular weight excluding hydrogens is 717 g/mol. The Morgan fingerprint density at radius 1 is 0.466 bits per heavy atom. The number of rotatable bonds is 10. The predicted octanol–water partition coefficient (Wildman–Crippen LogP) is 12.2. The van der Waals surface area contributed by atoms with Gasteiger partial charge < -0.3 is 0 Å². The number of imide groups is 2. The van der Waals surface area contributed by atoms with Crippen LogP contribution in [0.2, 0.25) is 0 Å². The molecule has 2 aliphatic heterocycles. The topological polar surface area (TPSA) is 74.8 Å². The van der Waals surface area contributed by atoms with E-state index in [-0.39, 0.29) is 35.7 Å². The molecule has 6 heteroatoms. The third kappa shape index (κ3) is 6.36. The summed E-state index contributed by atoms with van der Waals surface area (Å²) < 4.78 is 0. The van der Waals surface area contributed by atoms with E-state index in [0.29, 0.717) is 33.0 Å². The minimum atomic E-state index is -0.235. The van der Waals surface area contributed by atoms with Gasteiger partial charge in [-0.15, -0.1) is 0 Å². The van der Waals surface area contributed by atoms with Crippen molar-refractivity contribution < 1.29 is 19.2 Å². The Morgan fingerprint density at radius 2 is 0.862 bits per heavy atom. The van der Waals surface area contributed by atoms with Crippen LogP contribution in [0.3, 0.4) is 0 Å². The van der Waals surface area contributed by atoms with Gasteiger partial charge >= 0.3 is 0 Å². The van der Waals surface area contributed by atoms with Crippen LogP contribution in [0.25, 0.3) is 43.1 Å². The van der Waals surface area contributed by atoms with Crippen LogP contribution in [0, 0.1) is 23.7 Å². The number of unbranched alkanes of at least 4 members (excludes halogenated alkanes) is 8. The molecule has 4 aliphatic rings. The summed E-state index contributed by atoms with van der Waals surface area (Å²) in [6, 6.07) is 11.5. The van der Waals surface area contributed by atoms with Crippen molar-refractivity contribution in [2.24, 2.45) is 0 Å². The van der Waals surface area contributed by atoms with Crippen LogP contribution < -0.4 is 0 Å². The van der Waals surface area contributed by atoms with Crippen LogP contribution in [0.1, 0.15) is 195 Å². The molecule has 0 aromatic heterocycles. The molecular formula is C52H54N2O4. The minimum Gasteiger partial charge on any atom is -0.271 e. The fourth-order valence-electron chi connectivity index (χ4n) is 10.6. The standard InChI is InChI=1S/C52H54N2O4/c1-3-5-7-9-11-15-21-33-31-41-45-39(49(55)53(51(41)57)35-23-17-13-18-24-35)30-28-38-44-34(22-16-12-10-8-6-4-2)32-42-46-40(29-27-37(48(44)46)43(33)47(38)45)50(56)54(52(42)58)36-25-19-14-20-26-36/h27-32,35-36H,3-14,17-20,23-26H2,1-2H3. The monoisotopic (exact) mass is 770 g/mol. The maximum absolute atomic E-state index is 14.7. The van der Waals surface area contributed by atoms with Crippen molar-refractivity contribution in [3.8, 4) is 23.7 Å². The van der Waals surface area contributed by atoms with Crippen LogP contribution in [-0.4, -0.2) is 45.5 Å². The fourth-order valence-corrected chi connectivity index (χ4v) is 10.6. The molecule has 5 aromatic rings. The zero-order valence-electron chi connectivity index (χ0n) is 34.3. The van der Waals surface area contributed by atoms with Crippen molar-refractivity contribution in [1.29, 1.82) is 0 Å². The third-order valence-corrected chi connectivity index (χ3v) is 13.5. The molecule has 0 radical (unpaired) electrons. The molecule has 2 saturated carbocycles. The first-order valence-electron chi connectivity index (χ1n) is 22.5. The Balaban J connectivity index is 1.34. The van der Waals surface area contributed by atoms with Crippen LogP contribution in [0.5, 0.6) is 0 Å². The van der Waals surface area contributed by atoms with Crippen molar-refractivity contribution in [3.63, 3.8) is 0 Å². The van der Waals surface area contributed by atoms with Gasteiger partial charge in [-0.25, -0.2) is 0 Å². The minimum absolute atomic E-state index is 0.114. The summed E-state index contributed by atoms with van der Waals surface area (Å²) in [6.45, 7) is 4.41. The molecule has 0 unspecified atom stereocenters. The molecule has 0 spiro atoms. The number of hydrogen-bond donors (Lipinski definition) is 0. The van der Waals surface area contributed by atoms with E-state index in [1.807, 2.05) is 36.4 Å². The molecule has 296 valence electrons. The van der Waals surface area contributed by atoms with Gasteiger partial charge in [0.05, 0.1) is 0 Å². The van der Waals surface area contributed by atoms with E-state index >= 15 is 0 Å². The molecule has 2 heterocycles. The van der Waals surface area contributed by atoms with Gasteiger partial charge in [0.1, 0.15) is 0 Å². The van der Waals surface area contributed by atoms with E-state index in [4.69, 9.17) is 0 Å². The number of carbonyl (C=O) groups excluding carboxylic acids is 4. The molecule has 9 rings (SSSR count). The van der Waals surface area contributed by atoms with Gasteiger partial charge in [0, 0.05) is 90.6 Å². The van der Waals surface area contributed by atoms with Crippen LogP contribution >= 0.6 is 0 Å². The smallest absolute Gasteiger partial charge is 0.261 e. The molecule has 6 nitrogen and oxygen atoms in total. The summed E-state index contributed by atoms with van der Waals surface area (Å²) in [6.07, 6.45) is 19.9. The Hall–Kier alpha value is -5.20. The lowest BCUT2D eigenvalue weighted by molar-refractivity contribution is 0.0487. The van der Waals surface area contributed by atoms with Crippen LogP contribution in [0.15, 0.2) is 36.4 Å². The van der Waals surface area contributed by atoms with Crippen LogP contribution in [-0.2, 0) is 0 Å². The van der Waals surface area contributed by atoms with Gasteiger partial charge in [0.15, 0.2) is 0 Å². The highest BCUT2D eigenvalue weighted by atomic mass is 16.2. The van der Waals surface area contributed by atoms with Crippen molar-refractivity contribution in [1.82, 2.24) is 9.80 Å². The Labute approximate surface area is 342 Å². The van der Waals surface area contributed by atoms with Gasteiger partial charge in [-0.1, -0.05) is 127 Å². The van der Waals surface area contributed by atoms with E-state index in [2.05, 4.69) is 37.5 Å². The summed E-state index contributed by atoms with van der Waals surface area (Å²) in [5, 5.41) is 6.51. The number of benzene rings is 5. The van der Waals surface area contributed by atoms with Crippen molar-refractivity contribution in [3.05, 3.63) is 69.8 Å². The van der Waals surface area contributed by atoms with Crippen LogP contribution in [0.4, 0.5) is 0 Å². The molecule has 0 bridgehead atoms. The highest BCUT2D eigenvalue weighted by Gasteiger charge is 2.42. The second-order valence-electron chi connectivity index (χ2n) is 17.3. The van der Waals surface area contributed by atoms with E-state index in [9.17, 15) is 19.2 Å². The second-order valence-corrected chi connectivity index (χ2v) is 17.3. The number of hydrogen-bond acceptors (Lipinski definition) is 4. The van der Waals surface area contributed by atoms with Gasteiger partial charge in [-0.05, 0) is 73.6 Å². The number of fused-ring (bicyclic) bond motifs is 2. The Morgan fingerprint density at radius 3 is 1.26 bits per heavy atom. The van der Waals surface area contributed by atoms with Crippen molar-refractivity contribution in [2.45, 2.75) is 154 Å². The average Bonchev–Trinajstić information content (AvgIpc) is 3.25. The molecule has 58 heavy (non-hydrogen) atoms. The molecule has 4 amide bonds. The summed E-state index contributed by atoms with van der Waals surface area (Å²) in [4.78, 5) is 61.6. The first-order chi connectivity index (χ1) is 28.4. The van der Waals surface area contributed by atoms with E-state index in [1.165, 1.54) is 12.8 Å². The average molecular weight is 771 g/mol. The maximum atomic E-state index is 14.7. The quantitative estimate of drug-likeness (QED) is 0.0466. The highest BCUT2D eigenvalue weighted by molar-refractivity contribution is 6.42. The second kappa shape index (κ2) is 16.2. The summed E-state index contributed by atoms with van der Waals surface area (Å²) >= 11 is 0. The number of amides is 4. The number of nitrogens with zero attached hydrogens (tertiary/aromatic N) is 2.